The number of aliphatic hydroxyl groups is 3. The first kappa shape index (κ1) is 75.0. The van der Waals surface area contributed by atoms with Crippen LogP contribution >= 0.6 is 91.0 Å². The van der Waals surface area contributed by atoms with E-state index in [1.165, 1.54) is 0 Å². The van der Waals surface area contributed by atoms with E-state index in [0.29, 0.717) is 48.8 Å². The van der Waals surface area contributed by atoms with Gasteiger partial charge in [0.2, 0.25) is 9.23 Å². The van der Waals surface area contributed by atoms with Gasteiger partial charge < -0.3 is 30.1 Å². The number of aromatic nitrogens is 4. The molecule has 4 aromatic carbocycles. The molecule has 0 atom stereocenters. The summed E-state index contributed by atoms with van der Waals surface area (Å²) in [4.78, 5) is 16.7. The maximum absolute atomic E-state index is 9.19. The second-order valence-electron chi connectivity index (χ2n) is 13.4. The average molecular weight is 1210 g/mol. The summed E-state index contributed by atoms with van der Waals surface area (Å²) in [5.41, 5.74) is 9.02. The van der Waals surface area contributed by atoms with Crippen LogP contribution in [0.4, 0.5) is 0 Å². The van der Waals surface area contributed by atoms with Gasteiger partial charge in [-0.3, -0.25) is 15.0 Å². The van der Waals surface area contributed by atoms with Gasteiger partial charge in [0, 0.05) is 125 Å². The second-order valence-corrected chi connectivity index (χ2v) is 18.2. The highest BCUT2D eigenvalue weighted by atomic mass is 36.0. The van der Waals surface area contributed by atoms with Crippen LogP contribution in [0.5, 0.6) is 0 Å². The minimum atomic E-state index is -1.67. The molecule has 4 heterocycles. The van der Waals surface area contributed by atoms with Crippen molar-refractivity contribution in [1.82, 2.24) is 19.9 Å². The van der Waals surface area contributed by atoms with Crippen molar-refractivity contribution in [3.63, 3.8) is 0 Å². The van der Waals surface area contributed by atoms with Crippen LogP contribution in [0.25, 0.3) is 33.8 Å². The van der Waals surface area contributed by atoms with Gasteiger partial charge in [0.25, 0.3) is 0 Å². The van der Waals surface area contributed by atoms with Gasteiger partial charge in [-0.1, -0.05) is 185 Å². The van der Waals surface area contributed by atoms with Gasteiger partial charge in [0.15, 0.2) is 0 Å². The number of ether oxygens (including phenoxy) is 1. The molecule has 21 heteroatoms. The SMILES string of the molecule is C.C.C.C.CO.COCc1cccnc1-c1ccccc1Cl.ClCc1cccnc1-c1ccccc1Cl.O=S(Cl)Cl.OB(O)c1ccccc1Cl.OCc1cccnc1-c1ccccc1Cl.OCc1cccnc1Cl. The largest absolute Gasteiger partial charge is 0.489 e. The van der Waals surface area contributed by atoms with Crippen molar-refractivity contribution in [2.45, 2.75) is 55.4 Å². The molecule has 8 aromatic rings. The Morgan fingerprint density at radius 1 is 0.480 bits per heavy atom. The third kappa shape index (κ3) is 27.1. The standard InChI is InChI=1S/C13H12ClNO.C12H9Cl2N.C12H10ClNO.C6H6BClO2.C6H6ClNO.CH4O.4CH4.Cl2OS/c1-16-9-10-5-4-8-15-13(10)11-6-2-3-7-12(11)14;13-8-9-4-3-7-15-12(9)10-5-1-2-6-11(10)14;13-11-6-2-1-5-10(11)12-9(8-15)4-3-7-14-12;8-6-4-2-1-3-5(6)7(9)10;7-6-5(4-9)2-1-3-8-6;1-2;;;;;1-4(2)3/h2-8H,9H2,1H3;1-7H,8H2;1-7,15H,8H2;1-4,9-10H;1-3,9H,4H2;2H,1H3;4*1H4;. The van der Waals surface area contributed by atoms with E-state index in [-0.39, 0.29) is 42.9 Å². The molecule has 11 nitrogen and oxygen atoms in total. The molecule has 0 saturated carbocycles. The molecule has 0 amide bonds. The molecule has 0 fully saturated rings. The first-order valence-electron chi connectivity index (χ1n) is 20.5. The van der Waals surface area contributed by atoms with Crippen molar-refractivity contribution in [3.05, 3.63) is 218 Å². The summed E-state index contributed by atoms with van der Waals surface area (Å²) in [7, 11) is 8.55. The molecule has 0 unspecified atom stereocenters. The van der Waals surface area contributed by atoms with Gasteiger partial charge >= 0.3 is 7.12 Å². The molecule has 0 bridgehead atoms. The lowest BCUT2D eigenvalue weighted by Gasteiger charge is -2.08. The number of methoxy groups -OCH3 is 1. The number of pyridine rings is 4. The second kappa shape index (κ2) is 43.8. The first-order chi connectivity index (χ1) is 34.3. The summed E-state index contributed by atoms with van der Waals surface area (Å²) in [5.74, 6) is 0.439. The highest BCUT2D eigenvalue weighted by Gasteiger charge is 2.13. The molecule has 4 aromatic heterocycles. The van der Waals surface area contributed by atoms with Crippen LogP contribution in [0.1, 0.15) is 52.0 Å². The summed E-state index contributed by atoms with van der Waals surface area (Å²) in [6.07, 6.45) is 6.78. The normalized spacial score (nSPS) is 9.28. The molecule has 0 saturated heterocycles. The summed E-state index contributed by atoms with van der Waals surface area (Å²) in [6.45, 7) is 0.454. The van der Waals surface area contributed by atoms with Gasteiger partial charge in [-0.25, -0.2) is 9.19 Å². The summed E-state index contributed by atoms with van der Waals surface area (Å²) >= 11 is 35.3. The van der Waals surface area contributed by atoms with E-state index < -0.39 is 16.3 Å². The van der Waals surface area contributed by atoms with E-state index in [0.717, 1.165) is 57.6 Å². The Labute approximate surface area is 484 Å². The van der Waals surface area contributed by atoms with Crippen LogP contribution in [0.3, 0.4) is 0 Å². The number of halogens is 8. The van der Waals surface area contributed by atoms with Gasteiger partial charge in [0.1, 0.15) is 5.15 Å². The zero-order valence-electron chi connectivity index (χ0n) is 37.8. The number of aliphatic hydroxyl groups excluding tert-OH is 3. The predicted octanol–water partition coefficient (Wildman–Crippen LogP) is 15.0. The fraction of sp³-hybridized carbons (Fsp3) is 0.185. The van der Waals surface area contributed by atoms with Crippen molar-refractivity contribution < 1.29 is 34.3 Å². The van der Waals surface area contributed by atoms with E-state index in [9.17, 15) is 5.11 Å². The number of nitrogens with zero attached hydrogens (tertiary/aromatic N) is 4. The smallest absolute Gasteiger partial charge is 0.423 e. The van der Waals surface area contributed by atoms with E-state index in [1.807, 2.05) is 103 Å². The highest BCUT2D eigenvalue weighted by molar-refractivity contribution is 8.26. The number of hydrogen-bond acceptors (Lipinski definition) is 11. The Morgan fingerprint density at radius 2 is 0.800 bits per heavy atom. The van der Waals surface area contributed by atoms with E-state index in [1.54, 1.807) is 74.4 Å². The zero-order chi connectivity index (χ0) is 52.6. The molecule has 0 aliphatic carbocycles. The predicted molar refractivity (Wildman–Crippen MR) is 322 cm³/mol. The molecule has 5 N–H and O–H groups in total. The number of hydrogen-bond donors (Lipinski definition) is 5. The minimum absolute atomic E-state index is 0. The number of alkyl halides is 1. The van der Waals surface area contributed by atoms with Crippen molar-refractivity contribution in [2.24, 2.45) is 0 Å². The zero-order valence-corrected chi connectivity index (χ0v) is 44.7. The molecule has 0 spiro atoms. The molecule has 0 radical (unpaired) electrons. The lowest BCUT2D eigenvalue weighted by Crippen LogP contribution is -2.30. The summed E-state index contributed by atoms with van der Waals surface area (Å²) in [5, 5.41) is 44.9. The third-order valence-electron chi connectivity index (χ3n) is 8.86. The first-order valence-corrected chi connectivity index (χ1v) is 25.7. The lowest BCUT2D eigenvalue weighted by molar-refractivity contribution is 0.185. The highest BCUT2D eigenvalue weighted by Crippen LogP contribution is 2.31. The quantitative estimate of drug-likeness (QED) is 0.0402. The number of benzene rings is 4. The van der Waals surface area contributed by atoms with E-state index in [2.05, 4.69) is 41.3 Å². The van der Waals surface area contributed by atoms with Crippen LogP contribution in [-0.4, -0.2) is 70.9 Å². The molecule has 0 aliphatic rings. The molecule has 406 valence electrons. The van der Waals surface area contributed by atoms with Crippen LogP contribution in [0.15, 0.2) is 170 Å². The van der Waals surface area contributed by atoms with Crippen LogP contribution < -0.4 is 5.46 Å². The maximum Gasteiger partial charge on any atom is 0.489 e. The summed E-state index contributed by atoms with van der Waals surface area (Å²) < 4.78 is 14.2. The molecule has 0 aliphatic heterocycles. The Balaban J connectivity index is -0.000000841. The van der Waals surface area contributed by atoms with Crippen molar-refractivity contribution in [1.29, 1.82) is 0 Å². The van der Waals surface area contributed by atoms with Crippen molar-refractivity contribution in [2.75, 3.05) is 14.2 Å². The molecule has 8 rings (SSSR count). The average Bonchev–Trinajstić information content (AvgIpc) is 3.38. The molecular weight excluding hydrogens is 1140 g/mol. The number of rotatable bonds is 9. The van der Waals surface area contributed by atoms with Gasteiger partial charge in [-0.05, 0) is 54.1 Å². The Bertz CT molecular complexity index is 2720. The summed E-state index contributed by atoms with van der Waals surface area (Å²) in [6, 6.07) is 44.2. The maximum atomic E-state index is 9.19. The fourth-order valence-corrected chi connectivity index (χ4v) is 7.04. The minimum Gasteiger partial charge on any atom is -0.423 e. The lowest BCUT2D eigenvalue weighted by atomic mass is 9.80. The van der Waals surface area contributed by atoms with Crippen molar-refractivity contribution in [3.8, 4) is 33.8 Å². The Morgan fingerprint density at radius 3 is 1.12 bits per heavy atom. The Kier molecular flexibility index (Phi) is 43.8. The van der Waals surface area contributed by atoms with Crippen molar-refractivity contribution >= 4 is 113 Å². The monoisotopic (exact) mass is 1200 g/mol. The van der Waals surface area contributed by atoms with E-state index in [4.69, 9.17) is 98.8 Å². The van der Waals surface area contributed by atoms with Crippen LogP contribution in [0, 0.1) is 0 Å². The van der Waals surface area contributed by atoms with Gasteiger partial charge in [-0.15, -0.1) is 11.6 Å². The third-order valence-corrected chi connectivity index (χ3v) is 10.8. The fourth-order valence-electron chi connectivity index (χ4n) is 5.73. The van der Waals surface area contributed by atoms with Gasteiger partial charge in [-0.2, -0.15) is 0 Å². The van der Waals surface area contributed by atoms with Gasteiger partial charge in [0.05, 0.1) is 36.9 Å². The topological polar surface area (TPSA) is 179 Å². The Hall–Kier alpha value is -4.23. The molecule has 75 heavy (non-hydrogen) atoms. The van der Waals surface area contributed by atoms with Crippen LogP contribution in [-0.2, 0) is 39.7 Å². The van der Waals surface area contributed by atoms with E-state index >= 15 is 0 Å². The van der Waals surface area contributed by atoms with Crippen LogP contribution in [0.2, 0.25) is 25.2 Å². The molecular formula is C54H63BCl8N4O7S.